The van der Waals surface area contributed by atoms with Crippen LogP contribution in [-0.2, 0) is 9.53 Å². The Morgan fingerprint density at radius 3 is 2.62 bits per heavy atom. The maximum absolute atomic E-state index is 13.0. The molecule has 0 radical (unpaired) electrons. The van der Waals surface area contributed by atoms with Gasteiger partial charge in [-0.1, -0.05) is 39.5 Å². The smallest absolute Gasteiger partial charge is 0.256 e. The van der Waals surface area contributed by atoms with Gasteiger partial charge in [0, 0.05) is 6.61 Å². The number of nitriles is 1. The van der Waals surface area contributed by atoms with E-state index in [9.17, 15) is 10.1 Å². The fraction of sp³-hybridized carbons (Fsp3) is 0.619. The first kappa shape index (κ1) is 20.3. The van der Waals surface area contributed by atoms with E-state index in [1.165, 1.54) is 0 Å². The van der Waals surface area contributed by atoms with Crippen molar-refractivity contribution in [1.82, 2.24) is 0 Å². The zero-order valence-electron chi connectivity index (χ0n) is 16.0. The minimum absolute atomic E-state index is 0.137. The summed E-state index contributed by atoms with van der Waals surface area (Å²) < 4.78 is 11.6. The molecule has 0 spiro atoms. The van der Waals surface area contributed by atoms with Gasteiger partial charge < -0.3 is 14.8 Å². The first-order chi connectivity index (χ1) is 12.6. The molecule has 5 nitrogen and oxygen atoms in total. The quantitative estimate of drug-likeness (QED) is 0.643. The lowest BCUT2D eigenvalue weighted by atomic mass is 9.83. The van der Waals surface area contributed by atoms with Crippen molar-refractivity contribution in [3.63, 3.8) is 0 Å². The van der Waals surface area contributed by atoms with Gasteiger partial charge in [0.05, 0.1) is 17.9 Å². The second-order valence-electron chi connectivity index (χ2n) is 6.88. The third-order valence-electron chi connectivity index (χ3n) is 4.78. The number of nitrogens with zero attached hydrogens (tertiary/aromatic N) is 1. The molecular formula is C21H30N2O3. The van der Waals surface area contributed by atoms with Gasteiger partial charge in [-0.25, -0.2) is 0 Å². The number of amides is 1. The summed E-state index contributed by atoms with van der Waals surface area (Å²) in [6.07, 6.45) is 7.49. The zero-order chi connectivity index (χ0) is 18.8. The van der Waals surface area contributed by atoms with Crippen LogP contribution >= 0.6 is 0 Å². The molecular weight excluding hydrogens is 328 g/mol. The van der Waals surface area contributed by atoms with Crippen LogP contribution in [-0.4, -0.2) is 24.7 Å². The highest BCUT2D eigenvalue weighted by molar-refractivity contribution is 5.98. The summed E-state index contributed by atoms with van der Waals surface area (Å²) in [4.78, 5) is 13.0. The number of nitrogens with one attached hydrogen (secondary N) is 1. The predicted octanol–water partition coefficient (Wildman–Crippen LogP) is 4.81. The monoisotopic (exact) mass is 358 g/mol. The molecule has 1 aromatic carbocycles. The number of carbonyl (C=O) groups is 1. The van der Waals surface area contributed by atoms with Crippen molar-refractivity contribution in [1.29, 1.82) is 5.26 Å². The number of rotatable bonds is 9. The Balaban J connectivity index is 2.12. The van der Waals surface area contributed by atoms with E-state index in [1.807, 2.05) is 6.92 Å². The van der Waals surface area contributed by atoms with Crippen molar-refractivity contribution in [2.24, 2.45) is 0 Å². The molecule has 0 bridgehead atoms. The van der Waals surface area contributed by atoms with Crippen molar-refractivity contribution < 1.29 is 14.3 Å². The number of carbonyl (C=O) groups excluding carboxylic acids is 1. The van der Waals surface area contributed by atoms with Crippen molar-refractivity contribution in [3.8, 4) is 11.8 Å². The third-order valence-corrected chi connectivity index (χ3v) is 4.78. The second-order valence-corrected chi connectivity index (χ2v) is 6.88. The largest absolute Gasteiger partial charge is 0.494 e. The Bertz CT molecular complexity index is 631. The average molecular weight is 358 g/mol. The molecule has 0 heterocycles. The van der Waals surface area contributed by atoms with E-state index < -0.39 is 5.60 Å². The van der Waals surface area contributed by atoms with Gasteiger partial charge in [0.25, 0.3) is 5.91 Å². The van der Waals surface area contributed by atoms with Gasteiger partial charge in [0.15, 0.2) is 0 Å². The molecule has 0 unspecified atom stereocenters. The van der Waals surface area contributed by atoms with Crippen LogP contribution in [0.5, 0.6) is 5.75 Å². The topological polar surface area (TPSA) is 71.3 Å². The Labute approximate surface area is 156 Å². The number of unbranched alkanes of at least 4 members (excludes halogenated alkanes) is 1. The Morgan fingerprint density at radius 1 is 1.19 bits per heavy atom. The highest BCUT2D eigenvalue weighted by Gasteiger charge is 2.40. The van der Waals surface area contributed by atoms with Gasteiger partial charge in [-0.15, -0.1) is 0 Å². The van der Waals surface area contributed by atoms with E-state index in [0.717, 1.165) is 51.4 Å². The Kier molecular flexibility index (Phi) is 7.93. The van der Waals surface area contributed by atoms with E-state index in [1.54, 1.807) is 18.2 Å². The molecule has 1 aromatic rings. The molecule has 0 atom stereocenters. The van der Waals surface area contributed by atoms with Crippen LogP contribution in [0.25, 0.3) is 0 Å². The van der Waals surface area contributed by atoms with Crippen molar-refractivity contribution in [2.45, 2.75) is 70.8 Å². The summed E-state index contributed by atoms with van der Waals surface area (Å²) in [7, 11) is 0. The van der Waals surface area contributed by atoms with Crippen LogP contribution < -0.4 is 10.1 Å². The molecule has 5 heteroatoms. The normalized spacial score (nSPS) is 15.9. The van der Waals surface area contributed by atoms with Crippen molar-refractivity contribution in [2.75, 3.05) is 18.5 Å². The van der Waals surface area contributed by atoms with E-state index in [2.05, 4.69) is 18.3 Å². The summed E-state index contributed by atoms with van der Waals surface area (Å²) in [5.74, 6) is 0.518. The van der Waals surface area contributed by atoms with Crippen LogP contribution in [0.15, 0.2) is 18.2 Å². The van der Waals surface area contributed by atoms with Gasteiger partial charge in [0.2, 0.25) is 0 Å². The molecule has 0 aromatic heterocycles. The van der Waals surface area contributed by atoms with Gasteiger partial charge >= 0.3 is 0 Å². The summed E-state index contributed by atoms with van der Waals surface area (Å²) in [5, 5.41) is 12.4. The summed E-state index contributed by atoms with van der Waals surface area (Å²) in [5.41, 5.74) is 0.163. The van der Waals surface area contributed by atoms with Gasteiger partial charge in [0.1, 0.15) is 17.4 Å². The fourth-order valence-corrected chi connectivity index (χ4v) is 3.24. The summed E-state index contributed by atoms with van der Waals surface area (Å²) in [6, 6.07) is 7.38. The molecule has 1 aliphatic rings. The van der Waals surface area contributed by atoms with Gasteiger partial charge in [-0.05, 0) is 43.9 Å². The summed E-state index contributed by atoms with van der Waals surface area (Å²) >= 11 is 0. The first-order valence-electron chi connectivity index (χ1n) is 9.77. The average Bonchev–Trinajstić information content (AvgIpc) is 2.68. The van der Waals surface area contributed by atoms with Crippen LogP contribution in [0.2, 0.25) is 0 Å². The molecule has 1 aliphatic carbocycles. The van der Waals surface area contributed by atoms with Gasteiger partial charge in [-0.3, -0.25) is 4.79 Å². The first-order valence-corrected chi connectivity index (χ1v) is 9.77. The maximum atomic E-state index is 13.0. The van der Waals surface area contributed by atoms with Gasteiger partial charge in [-0.2, -0.15) is 5.26 Å². The lowest BCUT2D eigenvalue weighted by Crippen LogP contribution is -2.47. The third kappa shape index (κ3) is 5.22. The van der Waals surface area contributed by atoms with Crippen LogP contribution in [0.1, 0.15) is 70.8 Å². The molecule has 1 amide bonds. The number of ether oxygens (including phenoxy) is 2. The minimum Gasteiger partial charge on any atom is -0.494 e. The SMILES string of the molecule is CCCCOc1ccc(NC(=O)C2(OCCC)CCCCC2)c(C#N)c1. The molecule has 142 valence electrons. The van der Waals surface area contributed by atoms with Crippen molar-refractivity contribution in [3.05, 3.63) is 23.8 Å². The van der Waals surface area contributed by atoms with E-state index in [4.69, 9.17) is 9.47 Å². The maximum Gasteiger partial charge on any atom is 0.256 e. The Morgan fingerprint density at radius 2 is 1.96 bits per heavy atom. The molecule has 26 heavy (non-hydrogen) atoms. The molecule has 2 rings (SSSR count). The molecule has 0 aliphatic heterocycles. The van der Waals surface area contributed by atoms with Crippen LogP contribution in [0.3, 0.4) is 0 Å². The fourth-order valence-electron chi connectivity index (χ4n) is 3.24. The number of benzene rings is 1. The van der Waals surface area contributed by atoms with E-state index >= 15 is 0 Å². The Hall–Kier alpha value is -2.06. The molecule has 1 N–H and O–H groups in total. The van der Waals surface area contributed by atoms with Crippen molar-refractivity contribution >= 4 is 11.6 Å². The summed E-state index contributed by atoms with van der Waals surface area (Å²) in [6.45, 7) is 5.34. The van der Waals surface area contributed by atoms with Crippen LogP contribution in [0.4, 0.5) is 5.69 Å². The minimum atomic E-state index is -0.767. The number of hydrogen-bond acceptors (Lipinski definition) is 4. The molecule has 1 saturated carbocycles. The second kappa shape index (κ2) is 10.2. The van der Waals surface area contributed by atoms with E-state index in [0.29, 0.717) is 30.2 Å². The standard InChI is InChI=1S/C21H30N2O3/c1-3-5-14-25-18-9-10-19(17(15-18)16-22)23-20(24)21(26-13-4-2)11-7-6-8-12-21/h9-10,15H,3-8,11-14H2,1-2H3,(H,23,24). The zero-order valence-corrected chi connectivity index (χ0v) is 16.0. The lowest BCUT2D eigenvalue weighted by molar-refractivity contribution is -0.146. The molecule has 1 fully saturated rings. The predicted molar refractivity (Wildman–Crippen MR) is 102 cm³/mol. The number of anilines is 1. The number of hydrogen-bond donors (Lipinski definition) is 1. The highest BCUT2D eigenvalue weighted by Crippen LogP contribution is 2.34. The molecule has 0 saturated heterocycles. The lowest BCUT2D eigenvalue weighted by Gasteiger charge is -2.35. The highest BCUT2D eigenvalue weighted by atomic mass is 16.5. The van der Waals surface area contributed by atoms with Crippen LogP contribution in [0, 0.1) is 11.3 Å². The van der Waals surface area contributed by atoms with E-state index in [-0.39, 0.29) is 5.91 Å².